The maximum atomic E-state index is 6.02. The van der Waals surface area contributed by atoms with Crippen LogP contribution in [0, 0.1) is 5.92 Å². The van der Waals surface area contributed by atoms with E-state index >= 15 is 0 Å². The fraction of sp³-hybridized carbons (Fsp3) is 0.323. The van der Waals surface area contributed by atoms with Crippen LogP contribution in [-0.2, 0) is 4.74 Å². The fourth-order valence-electron chi connectivity index (χ4n) is 5.11. The SMILES string of the molecule is CC(C)/C(=C(/c1ccc(OCCN)cc1)c1ccc2c(cnn2C2CCCCO2)c1)c1ccccc1. The number of allylic oxidation sites excluding steroid dienone is 1. The normalized spacial score (nSPS) is 16.8. The molecule has 5 rings (SSSR count). The Kier molecular flexibility index (Phi) is 7.49. The molecule has 0 amide bonds. The molecule has 36 heavy (non-hydrogen) atoms. The molecule has 0 saturated carbocycles. The molecule has 1 aromatic heterocycles. The number of hydrogen-bond donors (Lipinski definition) is 1. The van der Waals surface area contributed by atoms with Crippen LogP contribution in [0.15, 0.2) is 79.0 Å². The molecule has 0 radical (unpaired) electrons. The van der Waals surface area contributed by atoms with Crippen LogP contribution < -0.4 is 10.5 Å². The molecule has 2 N–H and O–H groups in total. The van der Waals surface area contributed by atoms with Crippen molar-refractivity contribution < 1.29 is 9.47 Å². The van der Waals surface area contributed by atoms with E-state index in [0.29, 0.717) is 19.1 Å². The highest BCUT2D eigenvalue weighted by Gasteiger charge is 2.21. The summed E-state index contributed by atoms with van der Waals surface area (Å²) < 4.78 is 13.8. The van der Waals surface area contributed by atoms with Gasteiger partial charge in [-0.15, -0.1) is 0 Å². The molecule has 1 fully saturated rings. The number of aromatic nitrogens is 2. The maximum Gasteiger partial charge on any atom is 0.150 e. The molecule has 1 saturated heterocycles. The van der Waals surface area contributed by atoms with Gasteiger partial charge in [-0.2, -0.15) is 5.10 Å². The Balaban J connectivity index is 1.64. The molecule has 1 unspecified atom stereocenters. The Morgan fingerprint density at radius 3 is 2.47 bits per heavy atom. The van der Waals surface area contributed by atoms with E-state index in [1.807, 2.05) is 23.0 Å². The van der Waals surface area contributed by atoms with Gasteiger partial charge < -0.3 is 15.2 Å². The van der Waals surface area contributed by atoms with Gasteiger partial charge in [0.25, 0.3) is 0 Å². The molecule has 3 aromatic carbocycles. The van der Waals surface area contributed by atoms with E-state index in [-0.39, 0.29) is 6.23 Å². The largest absolute Gasteiger partial charge is 0.492 e. The average Bonchev–Trinajstić information content (AvgIpc) is 3.35. The Hall–Kier alpha value is -3.41. The molecule has 4 aromatic rings. The number of ether oxygens (including phenoxy) is 2. The van der Waals surface area contributed by atoms with Gasteiger partial charge in [0.1, 0.15) is 12.4 Å². The van der Waals surface area contributed by atoms with Crippen LogP contribution in [0.25, 0.3) is 22.0 Å². The summed E-state index contributed by atoms with van der Waals surface area (Å²) in [6.45, 7) is 6.33. The number of nitrogens with two attached hydrogens (primary N) is 1. The third-order valence-corrected chi connectivity index (χ3v) is 6.77. The van der Waals surface area contributed by atoms with Crippen LogP contribution in [0.1, 0.15) is 56.0 Å². The van der Waals surface area contributed by atoms with Gasteiger partial charge in [-0.05, 0) is 77.3 Å². The zero-order valence-electron chi connectivity index (χ0n) is 21.2. The minimum Gasteiger partial charge on any atom is -0.492 e. The van der Waals surface area contributed by atoms with Gasteiger partial charge >= 0.3 is 0 Å². The highest BCUT2D eigenvalue weighted by atomic mass is 16.5. The quantitative estimate of drug-likeness (QED) is 0.285. The van der Waals surface area contributed by atoms with Gasteiger partial charge in [-0.25, -0.2) is 4.68 Å². The van der Waals surface area contributed by atoms with Gasteiger partial charge in [0.2, 0.25) is 0 Å². The lowest BCUT2D eigenvalue weighted by Gasteiger charge is -2.23. The van der Waals surface area contributed by atoms with Gasteiger partial charge in [-0.3, -0.25) is 0 Å². The van der Waals surface area contributed by atoms with Crippen LogP contribution in [0.5, 0.6) is 5.75 Å². The predicted octanol–water partition coefficient (Wildman–Crippen LogP) is 6.69. The lowest BCUT2D eigenvalue weighted by molar-refractivity contribution is -0.0366. The Morgan fingerprint density at radius 1 is 1.00 bits per heavy atom. The summed E-state index contributed by atoms with van der Waals surface area (Å²) in [5.41, 5.74) is 12.8. The van der Waals surface area contributed by atoms with Crippen molar-refractivity contribution in [3.63, 3.8) is 0 Å². The molecule has 1 aliphatic heterocycles. The summed E-state index contributed by atoms with van der Waals surface area (Å²) in [5.74, 6) is 1.16. The van der Waals surface area contributed by atoms with Crippen LogP contribution in [-0.4, -0.2) is 29.5 Å². The topological polar surface area (TPSA) is 62.3 Å². The zero-order chi connectivity index (χ0) is 24.9. The first-order chi connectivity index (χ1) is 17.7. The van der Waals surface area contributed by atoms with E-state index in [4.69, 9.17) is 20.3 Å². The van der Waals surface area contributed by atoms with Crippen LogP contribution in [0.2, 0.25) is 0 Å². The van der Waals surface area contributed by atoms with E-state index in [1.54, 1.807) is 0 Å². The smallest absolute Gasteiger partial charge is 0.150 e. The van der Waals surface area contributed by atoms with Crippen molar-refractivity contribution in [3.8, 4) is 5.75 Å². The second-order valence-electron chi connectivity index (χ2n) is 9.65. The first-order valence-electron chi connectivity index (χ1n) is 13.0. The summed E-state index contributed by atoms with van der Waals surface area (Å²) in [6.07, 6.45) is 5.30. The van der Waals surface area contributed by atoms with Crippen molar-refractivity contribution in [2.75, 3.05) is 19.8 Å². The lowest BCUT2D eigenvalue weighted by Crippen LogP contribution is -2.18. The average molecular weight is 482 g/mol. The Morgan fingerprint density at radius 2 is 1.78 bits per heavy atom. The standard InChI is InChI=1S/C31H35N3O2/c1-22(2)30(23-8-4-3-5-9-23)31(24-11-14-27(15-12-24)35-19-17-32)25-13-16-28-26(20-25)21-33-34(28)29-10-6-7-18-36-29/h3-5,8-9,11-16,20-22,29H,6-7,10,17-19,32H2,1-2H3/b31-30+. The Bertz CT molecular complexity index is 1320. The molecule has 0 spiro atoms. The molecule has 1 atom stereocenters. The summed E-state index contributed by atoms with van der Waals surface area (Å²) in [4.78, 5) is 0. The molecule has 5 heteroatoms. The number of fused-ring (bicyclic) bond motifs is 1. The monoisotopic (exact) mass is 481 g/mol. The van der Waals surface area contributed by atoms with Gasteiger partial charge in [0.05, 0.1) is 11.7 Å². The first-order valence-corrected chi connectivity index (χ1v) is 13.0. The molecule has 0 aliphatic carbocycles. The van der Waals surface area contributed by atoms with Gasteiger partial charge in [0, 0.05) is 18.5 Å². The van der Waals surface area contributed by atoms with Crippen LogP contribution in [0.3, 0.4) is 0 Å². The van der Waals surface area contributed by atoms with Crippen molar-refractivity contribution in [1.82, 2.24) is 9.78 Å². The molecule has 5 nitrogen and oxygen atoms in total. The number of benzene rings is 3. The summed E-state index contributed by atoms with van der Waals surface area (Å²) in [5, 5.41) is 5.84. The third-order valence-electron chi connectivity index (χ3n) is 6.77. The molecule has 1 aliphatic rings. The first kappa shape index (κ1) is 24.3. The molecular formula is C31H35N3O2. The van der Waals surface area contributed by atoms with Crippen molar-refractivity contribution in [1.29, 1.82) is 0 Å². The van der Waals surface area contributed by atoms with E-state index in [2.05, 4.69) is 74.5 Å². The van der Waals surface area contributed by atoms with Crippen molar-refractivity contribution in [2.24, 2.45) is 11.7 Å². The highest BCUT2D eigenvalue weighted by Crippen LogP contribution is 2.38. The predicted molar refractivity (Wildman–Crippen MR) is 147 cm³/mol. The minimum absolute atomic E-state index is 0.0220. The molecular weight excluding hydrogens is 446 g/mol. The van der Waals surface area contributed by atoms with E-state index < -0.39 is 0 Å². The van der Waals surface area contributed by atoms with Crippen molar-refractivity contribution >= 4 is 22.0 Å². The summed E-state index contributed by atoms with van der Waals surface area (Å²) in [7, 11) is 0. The molecule has 186 valence electrons. The number of rotatable bonds is 8. The van der Waals surface area contributed by atoms with E-state index in [9.17, 15) is 0 Å². The highest BCUT2D eigenvalue weighted by molar-refractivity contribution is 6.01. The van der Waals surface area contributed by atoms with Crippen molar-refractivity contribution in [3.05, 3.63) is 95.7 Å². The zero-order valence-corrected chi connectivity index (χ0v) is 21.2. The number of hydrogen-bond acceptors (Lipinski definition) is 4. The van der Waals surface area contributed by atoms with E-state index in [1.165, 1.54) is 28.7 Å². The fourth-order valence-corrected chi connectivity index (χ4v) is 5.11. The van der Waals surface area contributed by atoms with E-state index in [0.717, 1.165) is 41.7 Å². The second kappa shape index (κ2) is 11.1. The lowest BCUT2D eigenvalue weighted by atomic mass is 9.84. The Labute approximate surface area is 213 Å². The third kappa shape index (κ3) is 5.08. The summed E-state index contributed by atoms with van der Waals surface area (Å²) in [6, 6.07) is 25.7. The maximum absolute atomic E-state index is 6.02. The van der Waals surface area contributed by atoms with Gasteiger partial charge in [-0.1, -0.05) is 62.4 Å². The van der Waals surface area contributed by atoms with Gasteiger partial charge in [0.15, 0.2) is 6.23 Å². The minimum atomic E-state index is 0.0220. The number of nitrogens with zero attached hydrogens (tertiary/aromatic N) is 2. The molecule has 2 heterocycles. The van der Waals surface area contributed by atoms with Crippen molar-refractivity contribution in [2.45, 2.75) is 39.3 Å². The summed E-state index contributed by atoms with van der Waals surface area (Å²) >= 11 is 0. The second-order valence-corrected chi connectivity index (χ2v) is 9.65. The van der Waals surface area contributed by atoms with Crippen LogP contribution >= 0.6 is 0 Å². The van der Waals surface area contributed by atoms with Crippen LogP contribution in [0.4, 0.5) is 0 Å². The molecule has 0 bridgehead atoms.